The van der Waals surface area contributed by atoms with Gasteiger partial charge in [0.25, 0.3) is 0 Å². The number of aryl methyl sites for hydroxylation is 1. The predicted molar refractivity (Wildman–Crippen MR) is 101 cm³/mol. The number of thiazole rings is 1. The number of carbonyl (C=O) groups is 1. The maximum Gasteiger partial charge on any atom is 0.230 e. The smallest absolute Gasteiger partial charge is 0.230 e. The highest BCUT2D eigenvalue weighted by atomic mass is 32.1. The second-order valence-electron chi connectivity index (χ2n) is 7.38. The van der Waals surface area contributed by atoms with Crippen LogP contribution in [0.2, 0.25) is 0 Å². The summed E-state index contributed by atoms with van der Waals surface area (Å²) in [5.74, 6) is 0.381. The minimum atomic E-state index is -0.130. The summed E-state index contributed by atoms with van der Waals surface area (Å²) in [5.41, 5.74) is 4.23. The Kier molecular flexibility index (Phi) is 4.61. The summed E-state index contributed by atoms with van der Waals surface area (Å²) in [7, 11) is 0. The molecule has 5 heteroatoms. The topological polar surface area (TPSA) is 36.4 Å². The molecule has 0 aliphatic carbocycles. The summed E-state index contributed by atoms with van der Waals surface area (Å²) >= 11 is 1.73. The van der Waals surface area contributed by atoms with Gasteiger partial charge in [0, 0.05) is 31.1 Å². The summed E-state index contributed by atoms with van der Waals surface area (Å²) in [6, 6.07) is 10.5. The van der Waals surface area contributed by atoms with Crippen molar-refractivity contribution in [1.29, 1.82) is 0 Å². The van der Waals surface area contributed by atoms with E-state index in [4.69, 9.17) is 0 Å². The lowest BCUT2D eigenvalue weighted by atomic mass is 9.85. The molecule has 4 nitrogen and oxygen atoms in total. The van der Waals surface area contributed by atoms with Crippen LogP contribution in [-0.2, 0) is 17.8 Å². The highest BCUT2D eigenvalue weighted by molar-refractivity contribution is 7.09. The molecule has 1 unspecified atom stereocenters. The molecular formula is C20H25N3OS. The van der Waals surface area contributed by atoms with E-state index in [1.165, 1.54) is 10.4 Å². The normalized spacial score (nSPS) is 23.9. The lowest BCUT2D eigenvalue weighted by Crippen LogP contribution is -2.37. The summed E-state index contributed by atoms with van der Waals surface area (Å²) in [5, 5.41) is 0. The maximum absolute atomic E-state index is 13.1. The van der Waals surface area contributed by atoms with Gasteiger partial charge in [0.2, 0.25) is 5.91 Å². The zero-order valence-electron chi connectivity index (χ0n) is 14.8. The molecule has 2 saturated heterocycles. The van der Waals surface area contributed by atoms with Gasteiger partial charge in [0.15, 0.2) is 0 Å². The van der Waals surface area contributed by atoms with E-state index in [1.807, 2.05) is 11.6 Å². The van der Waals surface area contributed by atoms with E-state index in [1.54, 1.807) is 11.3 Å². The molecule has 0 saturated carbocycles. The number of rotatable bonds is 5. The first-order chi connectivity index (χ1) is 12.2. The van der Waals surface area contributed by atoms with E-state index in [9.17, 15) is 4.79 Å². The van der Waals surface area contributed by atoms with Crippen LogP contribution in [0.25, 0.3) is 0 Å². The van der Waals surface area contributed by atoms with Crippen LogP contribution in [0.5, 0.6) is 0 Å². The molecular weight excluding hydrogens is 330 g/mol. The second kappa shape index (κ2) is 6.89. The molecule has 0 N–H and O–H groups in total. The van der Waals surface area contributed by atoms with Gasteiger partial charge in [-0.3, -0.25) is 9.69 Å². The van der Waals surface area contributed by atoms with Crippen LogP contribution < -0.4 is 0 Å². The molecule has 2 fully saturated rings. The Hall–Kier alpha value is -1.72. The quantitative estimate of drug-likeness (QED) is 0.827. The zero-order chi connectivity index (χ0) is 17.3. The first-order valence-corrected chi connectivity index (χ1v) is 9.99. The zero-order valence-corrected chi connectivity index (χ0v) is 15.6. The number of hydrogen-bond acceptors (Lipinski definition) is 4. The fourth-order valence-electron chi connectivity index (χ4n) is 4.17. The van der Waals surface area contributed by atoms with Crippen molar-refractivity contribution in [2.45, 2.75) is 32.7 Å². The number of benzene rings is 1. The Bertz CT molecular complexity index is 744. The van der Waals surface area contributed by atoms with Crippen molar-refractivity contribution >= 4 is 17.2 Å². The predicted octanol–water partition coefficient (Wildman–Crippen LogP) is 3.12. The first-order valence-electron chi connectivity index (χ1n) is 9.11. The standard InChI is InChI=1S/C20H25N3OS/c1-16-18(25-15-21-16)13-22-11-8-20(14-22)9-12-23(19(20)24)10-7-17-5-3-2-4-6-17/h2-6,15H,7-14H2,1H3. The van der Waals surface area contributed by atoms with Gasteiger partial charge in [-0.25, -0.2) is 4.98 Å². The van der Waals surface area contributed by atoms with Gasteiger partial charge in [-0.2, -0.15) is 0 Å². The molecule has 2 aliphatic rings. The van der Waals surface area contributed by atoms with Crippen LogP contribution in [0.4, 0.5) is 0 Å². The van der Waals surface area contributed by atoms with E-state index < -0.39 is 0 Å². The number of nitrogens with zero attached hydrogens (tertiary/aromatic N) is 3. The van der Waals surface area contributed by atoms with Crippen molar-refractivity contribution in [1.82, 2.24) is 14.8 Å². The molecule has 1 amide bonds. The van der Waals surface area contributed by atoms with Gasteiger partial charge in [0.1, 0.15) is 0 Å². The van der Waals surface area contributed by atoms with Crippen molar-refractivity contribution in [3.05, 3.63) is 52.0 Å². The third kappa shape index (κ3) is 3.35. The van der Waals surface area contributed by atoms with E-state index in [2.05, 4.69) is 46.0 Å². The van der Waals surface area contributed by atoms with Gasteiger partial charge in [0.05, 0.1) is 16.6 Å². The average Bonchev–Trinajstić information content (AvgIpc) is 3.31. The largest absolute Gasteiger partial charge is 0.342 e. The van der Waals surface area contributed by atoms with E-state index in [0.717, 1.165) is 57.7 Å². The van der Waals surface area contributed by atoms with Crippen molar-refractivity contribution in [3.63, 3.8) is 0 Å². The SMILES string of the molecule is Cc1ncsc1CN1CCC2(CCN(CCc3ccccc3)C2=O)C1. The molecule has 2 aromatic rings. The number of amides is 1. The van der Waals surface area contributed by atoms with Crippen molar-refractivity contribution in [2.24, 2.45) is 5.41 Å². The number of likely N-dealkylation sites (tertiary alicyclic amines) is 2. The molecule has 0 bridgehead atoms. The Labute approximate surface area is 153 Å². The first kappa shape index (κ1) is 16.7. The highest BCUT2D eigenvalue weighted by Crippen LogP contribution is 2.41. The monoisotopic (exact) mass is 355 g/mol. The van der Waals surface area contributed by atoms with Gasteiger partial charge < -0.3 is 4.90 Å². The molecule has 3 heterocycles. The third-order valence-corrected chi connectivity index (χ3v) is 6.68. The van der Waals surface area contributed by atoms with Crippen molar-refractivity contribution in [2.75, 3.05) is 26.2 Å². The average molecular weight is 356 g/mol. The molecule has 1 spiro atoms. The fraction of sp³-hybridized carbons (Fsp3) is 0.500. The molecule has 0 radical (unpaired) electrons. The molecule has 25 heavy (non-hydrogen) atoms. The van der Waals surface area contributed by atoms with Gasteiger partial charge in [-0.15, -0.1) is 11.3 Å². The van der Waals surface area contributed by atoms with Crippen LogP contribution in [0, 0.1) is 12.3 Å². The van der Waals surface area contributed by atoms with Crippen LogP contribution in [0.15, 0.2) is 35.8 Å². The molecule has 1 aromatic heterocycles. The Morgan fingerprint density at radius 1 is 1.20 bits per heavy atom. The van der Waals surface area contributed by atoms with E-state index in [0.29, 0.717) is 5.91 Å². The Morgan fingerprint density at radius 2 is 2.00 bits per heavy atom. The highest BCUT2D eigenvalue weighted by Gasteiger charge is 2.50. The summed E-state index contributed by atoms with van der Waals surface area (Å²) in [6.07, 6.45) is 2.97. The van der Waals surface area contributed by atoms with Gasteiger partial charge in [-0.1, -0.05) is 30.3 Å². The van der Waals surface area contributed by atoms with Crippen LogP contribution in [0.3, 0.4) is 0 Å². The second-order valence-corrected chi connectivity index (χ2v) is 8.32. The molecule has 1 atom stereocenters. The molecule has 4 rings (SSSR count). The molecule has 132 valence electrons. The lowest BCUT2D eigenvalue weighted by molar-refractivity contribution is -0.135. The van der Waals surface area contributed by atoms with E-state index >= 15 is 0 Å². The minimum Gasteiger partial charge on any atom is -0.342 e. The van der Waals surface area contributed by atoms with Crippen LogP contribution >= 0.6 is 11.3 Å². The summed E-state index contributed by atoms with van der Waals surface area (Å²) < 4.78 is 0. The maximum atomic E-state index is 13.1. The number of hydrogen-bond donors (Lipinski definition) is 0. The van der Waals surface area contributed by atoms with Gasteiger partial charge in [-0.05, 0) is 38.3 Å². The lowest BCUT2D eigenvalue weighted by Gasteiger charge is -2.23. The Morgan fingerprint density at radius 3 is 2.76 bits per heavy atom. The number of carbonyl (C=O) groups excluding carboxylic acids is 1. The minimum absolute atomic E-state index is 0.130. The summed E-state index contributed by atoms with van der Waals surface area (Å²) in [4.78, 5) is 23.3. The van der Waals surface area contributed by atoms with Crippen molar-refractivity contribution in [3.8, 4) is 0 Å². The van der Waals surface area contributed by atoms with E-state index in [-0.39, 0.29) is 5.41 Å². The number of aromatic nitrogens is 1. The molecule has 1 aromatic carbocycles. The Balaban J connectivity index is 1.35. The fourth-order valence-corrected chi connectivity index (χ4v) is 4.99. The van der Waals surface area contributed by atoms with Crippen LogP contribution in [-0.4, -0.2) is 46.9 Å². The van der Waals surface area contributed by atoms with Crippen LogP contribution in [0.1, 0.15) is 29.0 Å². The van der Waals surface area contributed by atoms with Crippen molar-refractivity contribution < 1.29 is 4.79 Å². The summed E-state index contributed by atoms with van der Waals surface area (Å²) in [6.45, 7) is 6.71. The van der Waals surface area contributed by atoms with Gasteiger partial charge >= 0.3 is 0 Å². The third-order valence-electron chi connectivity index (χ3n) is 5.76. The molecule has 2 aliphatic heterocycles.